The van der Waals surface area contributed by atoms with Crippen LogP contribution in [0.4, 0.5) is 5.69 Å². The fourth-order valence-corrected chi connectivity index (χ4v) is 2.58. The summed E-state index contributed by atoms with van der Waals surface area (Å²) in [6.07, 6.45) is 2.23. The van der Waals surface area contributed by atoms with E-state index in [1.54, 1.807) is 0 Å². The van der Waals surface area contributed by atoms with Crippen LogP contribution >= 0.6 is 28.3 Å². The minimum atomic E-state index is 0. The third-order valence-electron chi connectivity index (χ3n) is 3.49. The number of carbonyl (C=O) groups excluding carboxylic acids is 1. The minimum Gasteiger partial charge on any atom is -0.325 e. The highest BCUT2D eigenvalue weighted by Gasteiger charge is 2.19. The van der Waals surface area contributed by atoms with E-state index in [0.717, 1.165) is 36.1 Å². The molecule has 2 rings (SSSR count). The molecule has 0 radical (unpaired) electrons. The average molecular weight is 363 g/mol. The molecule has 1 heterocycles. The molecule has 1 saturated heterocycles. The second-order valence-corrected chi connectivity index (χ2v) is 5.81. The predicted molar refractivity (Wildman–Crippen MR) is 88.5 cm³/mol. The standard InChI is InChI=1S/C14H20BrN3O.ClH/c1-16-12-6-8-18(9-7-12)10-14(19)17-13-4-2-11(15)3-5-13;/h2-5,12,16H,6-10H2,1H3,(H,17,19);1H. The molecule has 0 atom stereocenters. The quantitative estimate of drug-likeness (QED) is 0.865. The van der Waals surface area contributed by atoms with Crippen LogP contribution in [0.5, 0.6) is 0 Å². The maximum absolute atomic E-state index is 11.9. The van der Waals surface area contributed by atoms with E-state index in [-0.39, 0.29) is 18.3 Å². The van der Waals surface area contributed by atoms with Crippen molar-refractivity contribution in [3.05, 3.63) is 28.7 Å². The number of anilines is 1. The van der Waals surface area contributed by atoms with Crippen molar-refractivity contribution in [1.82, 2.24) is 10.2 Å². The van der Waals surface area contributed by atoms with E-state index in [1.807, 2.05) is 31.3 Å². The Balaban J connectivity index is 0.00000200. The summed E-state index contributed by atoms with van der Waals surface area (Å²) >= 11 is 3.38. The summed E-state index contributed by atoms with van der Waals surface area (Å²) < 4.78 is 1.01. The van der Waals surface area contributed by atoms with Crippen LogP contribution in [0.3, 0.4) is 0 Å². The third-order valence-corrected chi connectivity index (χ3v) is 4.02. The van der Waals surface area contributed by atoms with Gasteiger partial charge in [-0.3, -0.25) is 9.69 Å². The summed E-state index contributed by atoms with van der Waals surface area (Å²) in [6.45, 7) is 2.45. The third kappa shape index (κ3) is 5.40. The molecule has 0 saturated carbocycles. The maximum atomic E-state index is 11.9. The van der Waals surface area contributed by atoms with Crippen molar-refractivity contribution in [2.75, 3.05) is 32.0 Å². The van der Waals surface area contributed by atoms with Gasteiger partial charge in [-0.2, -0.15) is 0 Å². The van der Waals surface area contributed by atoms with Gasteiger partial charge in [0.1, 0.15) is 0 Å². The van der Waals surface area contributed by atoms with Gasteiger partial charge in [-0.15, -0.1) is 12.4 Å². The molecule has 0 aliphatic carbocycles. The number of nitrogens with zero attached hydrogens (tertiary/aromatic N) is 1. The summed E-state index contributed by atoms with van der Waals surface area (Å²) in [7, 11) is 2.00. The van der Waals surface area contributed by atoms with Crippen LogP contribution in [-0.4, -0.2) is 43.5 Å². The van der Waals surface area contributed by atoms with E-state index < -0.39 is 0 Å². The van der Waals surface area contributed by atoms with Crippen molar-refractivity contribution < 1.29 is 4.79 Å². The molecule has 0 bridgehead atoms. The monoisotopic (exact) mass is 361 g/mol. The smallest absolute Gasteiger partial charge is 0.238 e. The van der Waals surface area contributed by atoms with Gasteiger partial charge in [0.15, 0.2) is 0 Å². The van der Waals surface area contributed by atoms with E-state index >= 15 is 0 Å². The van der Waals surface area contributed by atoms with Gasteiger partial charge in [0.05, 0.1) is 6.54 Å². The Hall–Kier alpha value is -0.620. The summed E-state index contributed by atoms with van der Waals surface area (Å²) in [5.41, 5.74) is 0.846. The summed E-state index contributed by atoms with van der Waals surface area (Å²) in [5.74, 6) is 0.0604. The molecule has 4 nitrogen and oxygen atoms in total. The Labute approximate surface area is 134 Å². The second kappa shape index (κ2) is 8.62. The van der Waals surface area contributed by atoms with Crippen LogP contribution in [0.2, 0.25) is 0 Å². The van der Waals surface area contributed by atoms with Gasteiger partial charge in [0.25, 0.3) is 0 Å². The number of hydrogen-bond acceptors (Lipinski definition) is 3. The Morgan fingerprint density at radius 1 is 1.30 bits per heavy atom. The molecular formula is C14H21BrClN3O. The Kier molecular flexibility index (Phi) is 7.51. The van der Waals surface area contributed by atoms with E-state index in [1.165, 1.54) is 0 Å². The van der Waals surface area contributed by atoms with Gasteiger partial charge < -0.3 is 10.6 Å². The Morgan fingerprint density at radius 2 is 1.90 bits per heavy atom. The lowest BCUT2D eigenvalue weighted by Gasteiger charge is -2.31. The molecule has 0 spiro atoms. The first kappa shape index (κ1) is 17.4. The molecule has 2 N–H and O–H groups in total. The number of amides is 1. The highest BCUT2D eigenvalue weighted by atomic mass is 79.9. The molecule has 1 aliphatic heterocycles. The lowest BCUT2D eigenvalue weighted by molar-refractivity contribution is -0.117. The van der Waals surface area contributed by atoms with Crippen molar-refractivity contribution in [1.29, 1.82) is 0 Å². The lowest BCUT2D eigenvalue weighted by atomic mass is 10.1. The maximum Gasteiger partial charge on any atom is 0.238 e. The van der Waals surface area contributed by atoms with Crippen LogP contribution in [0.15, 0.2) is 28.7 Å². The van der Waals surface area contributed by atoms with Crippen molar-refractivity contribution in [3.63, 3.8) is 0 Å². The number of likely N-dealkylation sites (tertiary alicyclic amines) is 1. The number of carbonyl (C=O) groups is 1. The van der Waals surface area contributed by atoms with E-state index in [9.17, 15) is 4.79 Å². The van der Waals surface area contributed by atoms with Crippen LogP contribution in [0.25, 0.3) is 0 Å². The first-order valence-corrected chi connectivity index (χ1v) is 7.41. The number of rotatable bonds is 4. The van der Waals surface area contributed by atoms with Gasteiger partial charge in [-0.25, -0.2) is 0 Å². The molecule has 6 heteroatoms. The zero-order valence-corrected chi connectivity index (χ0v) is 14.0. The van der Waals surface area contributed by atoms with E-state index in [0.29, 0.717) is 12.6 Å². The van der Waals surface area contributed by atoms with Gasteiger partial charge >= 0.3 is 0 Å². The molecule has 1 amide bonds. The van der Waals surface area contributed by atoms with Crippen molar-refractivity contribution in [2.45, 2.75) is 18.9 Å². The van der Waals surface area contributed by atoms with Gasteiger partial charge in [0.2, 0.25) is 5.91 Å². The number of piperidine rings is 1. The molecule has 20 heavy (non-hydrogen) atoms. The zero-order valence-electron chi connectivity index (χ0n) is 11.6. The number of halogens is 2. The summed E-state index contributed by atoms with van der Waals surface area (Å²) in [5, 5.41) is 6.22. The predicted octanol–water partition coefficient (Wildman–Crippen LogP) is 2.49. The van der Waals surface area contributed by atoms with E-state index in [4.69, 9.17) is 0 Å². The Morgan fingerprint density at radius 3 is 2.45 bits per heavy atom. The highest BCUT2D eigenvalue weighted by Crippen LogP contribution is 2.14. The van der Waals surface area contributed by atoms with Gasteiger partial charge in [-0.05, 0) is 44.2 Å². The lowest BCUT2D eigenvalue weighted by Crippen LogP contribution is -2.44. The van der Waals surface area contributed by atoms with Crippen LogP contribution in [0.1, 0.15) is 12.8 Å². The van der Waals surface area contributed by atoms with Crippen LogP contribution in [-0.2, 0) is 4.79 Å². The van der Waals surface area contributed by atoms with E-state index in [2.05, 4.69) is 31.5 Å². The first-order valence-electron chi connectivity index (χ1n) is 6.62. The molecule has 1 aromatic carbocycles. The minimum absolute atomic E-state index is 0. The zero-order chi connectivity index (χ0) is 13.7. The summed E-state index contributed by atoms with van der Waals surface area (Å²) in [6, 6.07) is 8.25. The fraction of sp³-hybridized carbons (Fsp3) is 0.500. The first-order chi connectivity index (χ1) is 9.17. The second-order valence-electron chi connectivity index (χ2n) is 4.89. The fourth-order valence-electron chi connectivity index (χ4n) is 2.32. The molecule has 1 fully saturated rings. The molecule has 0 aromatic heterocycles. The molecule has 1 aliphatic rings. The van der Waals surface area contributed by atoms with Gasteiger partial charge in [-0.1, -0.05) is 15.9 Å². The molecule has 112 valence electrons. The number of hydrogen-bond donors (Lipinski definition) is 2. The molecule has 1 aromatic rings. The topological polar surface area (TPSA) is 44.4 Å². The van der Waals surface area contributed by atoms with Crippen molar-refractivity contribution in [3.8, 4) is 0 Å². The number of benzene rings is 1. The Bertz CT molecular complexity index is 419. The normalized spacial score (nSPS) is 16.5. The molecule has 0 unspecified atom stereocenters. The SMILES string of the molecule is CNC1CCN(CC(=O)Nc2ccc(Br)cc2)CC1.Cl. The molecular weight excluding hydrogens is 342 g/mol. The van der Waals surface area contributed by atoms with Crippen molar-refractivity contribution in [2.24, 2.45) is 0 Å². The van der Waals surface area contributed by atoms with Crippen LogP contribution in [0, 0.1) is 0 Å². The summed E-state index contributed by atoms with van der Waals surface area (Å²) in [4.78, 5) is 14.1. The highest BCUT2D eigenvalue weighted by molar-refractivity contribution is 9.10. The average Bonchev–Trinajstić information content (AvgIpc) is 2.42. The largest absolute Gasteiger partial charge is 0.325 e. The van der Waals surface area contributed by atoms with Crippen LogP contribution < -0.4 is 10.6 Å². The number of nitrogens with one attached hydrogen (secondary N) is 2. The van der Waals surface area contributed by atoms with Gasteiger partial charge in [0, 0.05) is 29.3 Å². The van der Waals surface area contributed by atoms with Crippen molar-refractivity contribution >= 4 is 39.9 Å².